The molecule has 3 atom stereocenters. The molecular formula is C22H25F3N4O. The highest BCUT2D eigenvalue weighted by molar-refractivity contribution is 5.75. The number of likely N-dealkylation sites (N-methyl/N-ethyl adjacent to an activating group) is 1. The van der Waals surface area contributed by atoms with Crippen LogP contribution in [0, 0.1) is 0 Å². The van der Waals surface area contributed by atoms with Crippen molar-refractivity contribution in [3.63, 3.8) is 0 Å². The fourth-order valence-corrected chi connectivity index (χ4v) is 5.49. The molecule has 2 bridgehead atoms. The van der Waals surface area contributed by atoms with Gasteiger partial charge >= 0.3 is 6.18 Å². The van der Waals surface area contributed by atoms with Crippen molar-refractivity contribution in [2.24, 2.45) is 0 Å². The summed E-state index contributed by atoms with van der Waals surface area (Å²) in [7, 11) is 2.11. The molecule has 2 aromatic rings. The van der Waals surface area contributed by atoms with Crippen LogP contribution in [-0.4, -0.2) is 46.4 Å². The zero-order valence-electron chi connectivity index (χ0n) is 16.8. The summed E-state index contributed by atoms with van der Waals surface area (Å²) in [4.78, 5) is 2.30. The van der Waals surface area contributed by atoms with E-state index >= 15 is 0 Å². The van der Waals surface area contributed by atoms with Gasteiger partial charge in [-0.2, -0.15) is 13.2 Å². The number of hydrogen-bond donors (Lipinski definition) is 2. The fraction of sp³-hybridized carbons (Fsp3) is 0.545. The molecule has 160 valence electrons. The lowest BCUT2D eigenvalue weighted by atomic mass is 9.88. The lowest BCUT2D eigenvalue weighted by Crippen LogP contribution is -2.40. The van der Waals surface area contributed by atoms with Crippen LogP contribution in [0.2, 0.25) is 0 Å². The van der Waals surface area contributed by atoms with Crippen molar-refractivity contribution in [3.8, 4) is 17.0 Å². The number of aromatic hydroxyl groups is 1. The van der Waals surface area contributed by atoms with Crippen LogP contribution in [0.15, 0.2) is 18.2 Å². The van der Waals surface area contributed by atoms with Crippen molar-refractivity contribution in [2.75, 3.05) is 25.5 Å². The summed E-state index contributed by atoms with van der Waals surface area (Å²) in [5, 5.41) is 22.8. The third-order valence-electron chi connectivity index (χ3n) is 6.85. The number of phenols is 1. The summed E-state index contributed by atoms with van der Waals surface area (Å²) >= 11 is 0. The predicted octanol–water partition coefficient (Wildman–Crippen LogP) is 4.74. The van der Waals surface area contributed by atoms with Gasteiger partial charge < -0.3 is 15.3 Å². The van der Waals surface area contributed by atoms with Gasteiger partial charge in [-0.1, -0.05) is 0 Å². The van der Waals surface area contributed by atoms with Crippen molar-refractivity contribution in [2.45, 2.75) is 56.2 Å². The largest absolute Gasteiger partial charge is 0.507 e. The molecule has 3 aliphatic rings. The van der Waals surface area contributed by atoms with Gasteiger partial charge in [-0.3, -0.25) is 0 Å². The monoisotopic (exact) mass is 418 g/mol. The Morgan fingerprint density at radius 1 is 1.10 bits per heavy atom. The predicted molar refractivity (Wildman–Crippen MR) is 108 cm³/mol. The quantitative estimate of drug-likeness (QED) is 0.754. The molecule has 2 aliphatic carbocycles. The van der Waals surface area contributed by atoms with Crippen LogP contribution in [0.4, 0.5) is 19.0 Å². The summed E-state index contributed by atoms with van der Waals surface area (Å²) in [5.41, 5.74) is 2.19. The normalized spacial score (nSPS) is 26.1. The van der Waals surface area contributed by atoms with Crippen LogP contribution in [0.3, 0.4) is 0 Å². The highest BCUT2D eigenvalue weighted by Crippen LogP contribution is 2.57. The maximum atomic E-state index is 13.0. The van der Waals surface area contributed by atoms with E-state index in [0.717, 1.165) is 74.3 Å². The minimum absolute atomic E-state index is 0.312. The Morgan fingerprint density at radius 2 is 1.87 bits per heavy atom. The van der Waals surface area contributed by atoms with Crippen molar-refractivity contribution >= 4 is 5.82 Å². The SMILES string of the molecule is CN1CCC[C@H](Nc2nnc(-c3ccc(C(F)(F)F)cc3O)c3c2C2CCC3C2)C1. The zero-order chi connectivity index (χ0) is 21.0. The van der Waals surface area contributed by atoms with Gasteiger partial charge in [0.15, 0.2) is 5.82 Å². The van der Waals surface area contributed by atoms with Crippen LogP contribution in [0.5, 0.6) is 5.75 Å². The standard InChI is InChI=1S/C22H25F3N4O/c1-29-8-2-3-15(11-29)26-21-19-13-5-4-12(9-13)18(19)20(27-28-21)16-7-6-14(10-17(16)30)22(23,24)25/h6-7,10,12-13,15,30H,2-5,8-9,11H2,1H3,(H,26,28)/t12?,13?,15-/m0/s1. The Kier molecular flexibility index (Phi) is 4.65. The van der Waals surface area contributed by atoms with E-state index < -0.39 is 17.5 Å². The molecule has 2 unspecified atom stereocenters. The van der Waals surface area contributed by atoms with E-state index in [4.69, 9.17) is 0 Å². The first kappa shape index (κ1) is 19.6. The Hall–Kier alpha value is -2.35. The van der Waals surface area contributed by atoms with Crippen molar-refractivity contribution < 1.29 is 18.3 Å². The third-order valence-corrected chi connectivity index (χ3v) is 6.85. The first-order chi connectivity index (χ1) is 14.3. The number of fused-ring (bicyclic) bond motifs is 5. The first-order valence-electron chi connectivity index (χ1n) is 10.6. The second-order valence-corrected chi connectivity index (χ2v) is 8.91. The molecular weight excluding hydrogens is 393 g/mol. The minimum atomic E-state index is -4.50. The average molecular weight is 418 g/mol. The summed E-state index contributed by atoms with van der Waals surface area (Å²) in [5.74, 6) is 1.14. The summed E-state index contributed by atoms with van der Waals surface area (Å²) in [6.45, 7) is 2.05. The number of anilines is 1. The summed E-state index contributed by atoms with van der Waals surface area (Å²) < 4.78 is 39.0. The van der Waals surface area contributed by atoms with Crippen LogP contribution in [0.25, 0.3) is 11.3 Å². The minimum Gasteiger partial charge on any atom is -0.507 e. The van der Waals surface area contributed by atoms with Crippen LogP contribution in [0.1, 0.15) is 60.6 Å². The van der Waals surface area contributed by atoms with Crippen LogP contribution >= 0.6 is 0 Å². The molecule has 5 rings (SSSR count). The molecule has 1 aromatic carbocycles. The van der Waals surface area contributed by atoms with E-state index in [1.807, 2.05) is 0 Å². The maximum absolute atomic E-state index is 13.0. The number of rotatable bonds is 3. The Labute approximate surface area is 173 Å². The van der Waals surface area contributed by atoms with Gasteiger partial charge in [0.05, 0.1) is 5.56 Å². The molecule has 0 amide bonds. The second kappa shape index (κ2) is 7.11. The Morgan fingerprint density at radius 3 is 2.57 bits per heavy atom. The molecule has 30 heavy (non-hydrogen) atoms. The zero-order valence-corrected chi connectivity index (χ0v) is 16.8. The molecule has 1 aromatic heterocycles. The van der Waals surface area contributed by atoms with E-state index in [9.17, 15) is 18.3 Å². The van der Waals surface area contributed by atoms with E-state index in [1.165, 1.54) is 6.07 Å². The van der Waals surface area contributed by atoms with Crippen LogP contribution in [-0.2, 0) is 6.18 Å². The van der Waals surface area contributed by atoms with Crippen molar-refractivity contribution in [1.29, 1.82) is 0 Å². The number of alkyl halides is 3. The molecule has 0 radical (unpaired) electrons. The maximum Gasteiger partial charge on any atom is 0.416 e. The number of piperidine rings is 1. The topological polar surface area (TPSA) is 61.3 Å². The number of halogens is 3. The van der Waals surface area contributed by atoms with Crippen molar-refractivity contribution in [3.05, 3.63) is 34.9 Å². The molecule has 0 spiro atoms. The molecule has 1 saturated heterocycles. The second-order valence-electron chi connectivity index (χ2n) is 8.91. The number of nitrogens with zero attached hydrogens (tertiary/aromatic N) is 3. The molecule has 5 nitrogen and oxygen atoms in total. The fourth-order valence-electron chi connectivity index (χ4n) is 5.49. The lowest BCUT2D eigenvalue weighted by molar-refractivity contribution is -0.137. The Bertz CT molecular complexity index is 978. The Balaban J connectivity index is 1.54. The average Bonchev–Trinajstić information content (AvgIpc) is 3.30. The molecule has 2 heterocycles. The van der Waals surface area contributed by atoms with Gasteiger partial charge in [0.1, 0.15) is 11.4 Å². The van der Waals surface area contributed by atoms with E-state index in [0.29, 0.717) is 29.1 Å². The van der Waals surface area contributed by atoms with Gasteiger partial charge in [-0.15, -0.1) is 10.2 Å². The number of likely N-dealkylation sites (tertiary alicyclic amines) is 1. The lowest BCUT2D eigenvalue weighted by Gasteiger charge is -2.31. The first-order valence-corrected chi connectivity index (χ1v) is 10.6. The highest BCUT2D eigenvalue weighted by Gasteiger charge is 2.42. The number of hydrogen-bond acceptors (Lipinski definition) is 5. The third kappa shape index (κ3) is 3.31. The van der Waals surface area contributed by atoms with E-state index in [1.54, 1.807) is 0 Å². The summed E-state index contributed by atoms with van der Waals surface area (Å²) in [6, 6.07) is 3.41. The molecule has 1 saturated carbocycles. The van der Waals surface area contributed by atoms with Gasteiger partial charge in [0.2, 0.25) is 0 Å². The smallest absolute Gasteiger partial charge is 0.416 e. The van der Waals surface area contributed by atoms with Crippen molar-refractivity contribution in [1.82, 2.24) is 15.1 Å². The molecule has 2 fully saturated rings. The van der Waals surface area contributed by atoms with Gasteiger partial charge in [0, 0.05) is 23.7 Å². The molecule has 1 aliphatic heterocycles. The number of nitrogens with one attached hydrogen (secondary N) is 1. The number of benzene rings is 1. The van der Waals surface area contributed by atoms with Gasteiger partial charge in [-0.25, -0.2) is 0 Å². The summed E-state index contributed by atoms with van der Waals surface area (Å²) in [6.07, 6.45) is 0.883. The van der Waals surface area contributed by atoms with Gasteiger partial charge in [-0.05, 0) is 81.3 Å². The number of phenolic OH excluding ortho intramolecular Hbond substituents is 1. The van der Waals surface area contributed by atoms with E-state index in [2.05, 4.69) is 27.5 Å². The number of aromatic nitrogens is 2. The molecule has 8 heteroatoms. The van der Waals surface area contributed by atoms with Gasteiger partial charge in [0.25, 0.3) is 0 Å². The highest BCUT2D eigenvalue weighted by atomic mass is 19.4. The van der Waals surface area contributed by atoms with Crippen LogP contribution < -0.4 is 5.32 Å². The molecule has 2 N–H and O–H groups in total. The van der Waals surface area contributed by atoms with E-state index in [-0.39, 0.29) is 0 Å².